The Morgan fingerprint density at radius 1 is 1.42 bits per heavy atom. The Morgan fingerprint density at radius 2 is 2.21 bits per heavy atom. The molecule has 2 aliphatic rings. The summed E-state index contributed by atoms with van der Waals surface area (Å²) in [4.78, 5) is 16.0. The van der Waals surface area contributed by atoms with Crippen LogP contribution in [0.3, 0.4) is 0 Å². The first kappa shape index (κ1) is 13.0. The van der Waals surface area contributed by atoms with Crippen LogP contribution in [0.1, 0.15) is 25.3 Å². The van der Waals surface area contributed by atoms with Gasteiger partial charge in [-0.15, -0.1) is 11.8 Å². The normalized spacial score (nSPS) is 30.2. The quantitative estimate of drug-likeness (QED) is 0.854. The van der Waals surface area contributed by atoms with Crippen LogP contribution in [0.5, 0.6) is 0 Å². The number of nitrogens with zero attached hydrogens (tertiary/aromatic N) is 1. The Labute approximate surface area is 118 Å². The van der Waals surface area contributed by atoms with Crippen LogP contribution in [0.2, 0.25) is 0 Å². The zero-order chi connectivity index (χ0) is 13.4. The van der Waals surface area contributed by atoms with Crippen LogP contribution in [-0.2, 0) is 11.2 Å². The summed E-state index contributed by atoms with van der Waals surface area (Å²) in [6, 6.07) is 8.87. The Hall–Kier alpha value is -1.00. The van der Waals surface area contributed by atoms with Crippen LogP contribution in [-0.4, -0.2) is 34.7 Å². The minimum atomic E-state index is 0.0641. The van der Waals surface area contributed by atoms with Gasteiger partial charge in [-0.3, -0.25) is 4.79 Å². The first-order chi connectivity index (χ1) is 9.15. The summed E-state index contributed by atoms with van der Waals surface area (Å²) in [5.41, 5.74) is 7.28. The highest BCUT2D eigenvalue weighted by Gasteiger charge is 2.35. The number of likely N-dealkylation sites (tertiary alicyclic amines) is 1. The van der Waals surface area contributed by atoms with E-state index in [1.54, 1.807) is 11.8 Å². The van der Waals surface area contributed by atoms with Gasteiger partial charge in [0.05, 0.1) is 5.25 Å². The number of rotatable bonds is 1. The van der Waals surface area contributed by atoms with Gasteiger partial charge in [0.15, 0.2) is 0 Å². The molecule has 0 saturated carbocycles. The maximum absolute atomic E-state index is 12.7. The predicted octanol–water partition coefficient (Wildman–Crippen LogP) is 2.04. The van der Waals surface area contributed by atoms with Crippen molar-refractivity contribution in [3.63, 3.8) is 0 Å². The lowest BCUT2D eigenvalue weighted by molar-refractivity contribution is -0.133. The van der Waals surface area contributed by atoms with Crippen molar-refractivity contribution in [3.8, 4) is 0 Å². The molecule has 4 heteroatoms. The van der Waals surface area contributed by atoms with Crippen molar-refractivity contribution in [3.05, 3.63) is 29.8 Å². The molecular formula is C15H20N2OS. The Bertz CT molecular complexity index is 466. The summed E-state index contributed by atoms with van der Waals surface area (Å²) in [5.74, 6) is 0.292. The van der Waals surface area contributed by atoms with E-state index in [1.807, 2.05) is 11.0 Å². The van der Waals surface area contributed by atoms with Crippen molar-refractivity contribution in [2.24, 2.45) is 5.73 Å². The topological polar surface area (TPSA) is 46.3 Å². The van der Waals surface area contributed by atoms with Crippen molar-refractivity contribution in [1.29, 1.82) is 0 Å². The van der Waals surface area contributed by atoms with Gasteiger partial charge in [0.25, 0.3) is 0 Å². The van der Waals surface area contributed by atoms with E-state index in [9.17, 15) is 4.79 Å². The van der Waals surface area contributed by atoms with Crippen LogP contribution in [0.4, 0.5) is 0 Å². The van der Waals surface area contributed by atoms with E-state index >= 15 is 0 Å². The fourth-order valence-corrected chi connectivity index (χ4v) is 4.31. The second-order valence-corrected chi connectivity index (χ2v) is 6.83. The SMILES string of the molecule is CC1CC(N)CCN1C(=O)C1Cc2ccccc2S1. The van der Waals surface area contributed by atoms with E-state index in [1.165, 1.54) is 10.5 Å². The fraction of sp³-hybridized carbons (Fsp3) is 0.533. The second kappa shape index (κ2) is 5.17. The van der Waals surface area contributed by atoms with Gasteiger partial charge in [-0.05, 0) is 37.8 Å². The van der Waals surface area contributed by atoms with Crippen molar-refractivity contribution < 1.29 is 4.79 Å². The monoisotopic (exact) mass is 276 g/mol. The maximum atomic E-state index is 12.7. The van der Waals surface area contributed by atoms with E-state index in [4.69, 9.17) is 5.73 Å². The first-order valence-electron chi connectivity index (χ1n) is 6.96. The molecule has 2 heterocycles. The van der Waals surface area contributed by atoms with Gasteiger partial charge in [0.2, 0.25) is 5.91 Å². The van der Waals surface area contributed by atoms with Crippen LogP contribution >= 0.6 is 11.8 Å². The first-order valence-corrected chi connectivity index (χ1v) is 7.83. The lowest BCUT2D eigenvalue weighted by Gasteiger charge is -2.37. The Kier molecular flexibility index (Phi) is 3.54. The smallest absolute Gasteiger partial charge is 0.236 e. The molecule has 3 atom stereocenters. The lowest BCUT2D eigenvalue weighted by atomic mass is 9.98. The molecule has 2 N–H and O–H groups in total. The molecular weight excluding hydrogens is 256 g/mol. The third kappa shape index (κ3) is 2.51. The maximum Gasteiger partial charge on any atom is 0.236 e. The number of fused-ring (bicyclic) bond motifs is 1. The summed E-state index contributed by atoms with van der Waals surface area (Å²) in [7, 11) is 0. The van der Waals surface area contributed by atoms with Gasteiger partial charge >= 0.3 is 0 Å². The molecule has 1 aromatic carbocycles. The molecule has 1 aromatic rings. The lowest BCUT2D eigenvalue weighted by Crippen LogP contribution is -2.50. The van der Waals surface area contributed by atoms with E-state index in [0.29, 0.717) is 5.91 Å². The van der Waals surface area contributed by atoms with Gasteiger partial charge in [-0.1, -0.05) is 18.2 Å². The van der Waals surface area contributed by atoms with E-state index in [-0.39, 0.29) is 17.3 Å². The van der Waals surface area contributed by atoms with Crippen molar-refractivity contribution in [2.45, 2.75) is 48.4 Å². The zero-order valence-corrected chi connectivity index (χ0v) is 12.0. The molecule has 19 heavy (non-hydrogen) atoms. The molecule has 102 valence electrons. The molecule has 0 bridgehead atoms. The Morgan fingerprint density at radius 3 is 2.95 bits per heavy atom. The summed E-state index contributed by atoms with van der Waals surface area (Å²) in [5, 5.41) is 0.0641. The van der Waals surface area contributed by atoms with E-state index in [0.717, 1.165) is 25.8 Å². The molecule has 0 aliphatic carbocycles. The fourth-order valence-electron chi connectivity index (χ4n) is 3.04. The zero-order valence-electron chi connectivity index (χ0n) is 11.2. The number of amides is 1. The van der Waals surface area contributed by atoms with Crippen LogP contribution in [0.25, 0.3) is 0 Å². The highest BCUT2D eigenvalue weighted by Crippen LogP contribution is 2.38. The average Bonchev–Trinajstić information content (AvgIpc) is 2.81. The number of carbonyl (C=O) groups is 1. The average molecular weight is 276 g/mol. The molecule has 1 fully saturated rings. The minimum Gasteiger partial charge on any atom is -0.339 e. The molecule has 3 rings (SSSR count). The second-order valence-electron chi connectivity index (χ2n) is 5.58. The number of nitrogens with two attached hydrogens (primary N) is 1. The van der Waals surface area contributed by atoms with Crippen LogP contribution in [0.15, 0.2) is 29.2 Å². The Balaban J connectivity index is 1.70. The van der Waals surface area contributed by atoms with Crippen molar-refractivity contribution >= 4 is 17.7 Å². The molecule has 3 unspecified atom stereocenters. The largest absolute Gasteiger partial charge is 0.339 e. The van der Waals surface area contributed by atoms with Gasteiger partial charge in [-0.2, -0.15) is 0 Å². The number of carbonyl (C=O) groups excluding carboxylic acids is 1. The van der Waals surface area contributed by atoms with E-state index in [2.05, 4.69) is 25.1 Å². The number of piperidine rings is 1. The molecule has 3 nitrogen and oxygen atoms in total. The number of benzene rings is 1. The van der Waals surface area contributed by atoms with Gasteiger partial charge < -0.3 is 10.6 Å². The third-order valence-corrected chi connectivity index (χ3v) is 5.43. The van der Waals surface area contributed by atoms with Crippen LogP contribution in [0, 0.1) is 0 Å². The minimum absolute atomic E-state index is 0.0641. The molecule has 2 aliphatic heterocycles. The highest BCUT2D eigenvalue weighted by molar-refractivity contribution is 8.01. The summed E-state index contributed by atoms with van der Waals surface area (Å²) in [6.45, 7) is 2.93. The summed E-state index contributed by atoms with van der Waals surface area (Å²) >= 11 is 1.72. The number of hydrogen-bond donors (Lipinski definition) is 1. The molecule has 0 aromatic heterocycles. The third-order valence-electron chi connectivity index (χ3n) is 4.12. The van der Waals surface area contributed by atoms with Crippen LogP contribution < -0.4 is 5.73 Å². The van der Waals surface area contributed by atoms with Gasteiger partial charge in [-0.25, -0.2) is 0 Å². The standard InChI is InChI=1S/C15H20N2OS/c1-10-8-12(16)6-7-17(10)15(18)14-9-11-4-2-3-5-13(11)19-14/h2-5,10,12,14H,6-9,16H2,1H3. The van der Waals surface area contributed by atoms with Crippen molar-refractivity contribution in [1.82, 2.24) is 4.90 Å². The van der Waals surface area contributed by atoms with Gasteiger partial charge in [0.1, 0.15) is 0 Å². The van der Waals surface area contributed by atoms with Gasteiger partial charge in [0, 0.05) is 23.5 Å². The number of hydrogen-bond acceptors (Lipinski definition) is 3. The summed E-state index contributed by atoms with van der Waals surface area (Å²) in [6.07, 6.45) is 2.73. The predicted molar refractivity (Wildman–Crippen MR) is 78.2 cm³/mol. The summed E-state index contributed by atoms with van der Waals surface area (Å²) < 4.78 is 0. The van der Waals surface area contributed by atoms with E-state index < -0.39 is 0 Å². The highest BCUT2D eigenvalue weighted by atomic mass is 32.2. The molecule has 0 spiro atoms. The molecule has 1 amide bonds. The molecule has 0 radical (unpaired) electrons. The molecule has 1 saturated heterocycles. The van der Waals surface area contributed by atoms with Crippen molar-refractivity contribution in [2.75, 3.05) is 6.54 Å². The number of thioether (sulfide) groups is 1.